The molecule has 25 heavy (non-hydrogen) atoms. The lowest BCUT2D eigenvalue weighted by atomic mass is 9.65. The van der Waals surface area contributed by atoms with Gasteiger partial charge in [-0.1, -0.05) is 51.1 Å². The van der Waals surface area contributed by atoms with Gasteiger partial charge in [-0.3, -0.25) is 4.79 Å². The van der Waals surface area contributed by atoms with E-state index in [4.69, 9.17) is 0 Å². The Labute approximate surface area is 148 Å². The molecule has 1 aromatic heterocycles. The summed E-state index contributed by atoms with van der Waals surface area (Å²) in [6.07, 6.45) is 3.37. The summed E-state index contributed by atoms with van der Waals surface area (Å²) in [5.74, 6) is 0.657. The van der Waals surface area contributed by atoms with Crippen molar-refractivity contribution in [3.63, 3.8) is 0 Å². The Morgan fingerprint density at radius 3 is 2.72 bits per heavy atom. The summed E-state index contributed by atoms with van der Waals surface area (Å²) < 4.78 is 0. The molecule has 1 aliphatic heterocycles. The number of nitrogens with zero attached hydrogens (tertiary/aromatic N) is 5. The van der Waals surface area contributed by atoms with Crippen LogP contribution in [0.5, 0.6) is 0 Å². The van der Waals surface area contributed by atoms with E-state index in [-0.39, 0.29) is 17.9 Å². The Bertz CT molecular complexity index is 784. The first kappa shape index (κ1) is 16.2. The van der Waals surface area contributed by atoms with Gasteiger partial charge in [-0.05, 0) is 35.3 Å². The second kappa shape index (κ2) is 5.64. The molecule has 1 aromatic carbocycles. The first-order chi connectivity index (χ1) is 11.8. The lowest BCUT2D eigenvalue weighted by Crippen LogP contribution is -2.39. The van der Waals surface area contributed by atoms with E-state index < -0.39 is 0 Å². The van der Waals surface area contributed by atoms with Gasteiger partial charge in [-0.15, -0.1) is 10.2 Å². The van der Waals surface area contributed by atoms with Gasteiger partial charge in [0, 0.05) is 18.2 Å². The Morgan fingerprint density at radius 2 is 1.96 bits per heavy atom. The summed E-state index contributed by atoms with van der Waals surface area (Å²) in [5.41, 5.74) is 1.46. The van der Waals surface area contributed by atoms with Crippen LogP contribution in [0.4, 0.5) is 0 Å². The van der Waals surface area contributed by atoms with Crippen molar-refractivity contribution < 1.29 is 4.79 Å². The lowest BCUT2D eigenvalue weighted by Gasteiger charge is -2.39. The second-order valence-electron chi connectivity index (χ2n) is 8.74. The maximum atomic E-state index is 12.9. The van der Waals surface area contributed by atoms with Gasteiger partial charge in [-0.2, -0.15) is 4.80 Å². The molecule has 2 heterocycles. The molecule has 132 valence electrons. The molecule has 2 aliphatic rings. The fourth-order valence-corrected chi connectivity index (χ4v) is 4.98. The summed E-state index contributed by atoms with van der Waals surface area (Å²) in [6.45, 7) is 7.95. The quantitative estimate of drug-likeness (QED) is 0.862. The lowest BCUT2D eigenvalue weighted by molar-refractivity contribution is -0.133. The predicted molar refractivity (Wildman–Crippen MR) is 94.5 cm³/mol. The summed E-state index contributed by atoms with van der Waals surface area (Å²) in [5, 5.41) is 12.5. The standard InChI is InChI=1S/C19H25N5O/c1-18(2)9-15-10-19(3,12-18)13-23(15)16(25)11-24-21-17(20-22-24)14-7-5-4-6-8-14/h4-8,15H,9-13H2,1-3H3. The van der Waals surface area contributed by atoms with Crippen LogP contribution in [-0.4, -0.2) is 43.6 Å². The molecular weight excluding hydrogens is 314 g/mol. The molecule has 1 saturated heterocycles. The maximum absolute atomic E-state index is 12.9. The van der Waals surface area contributed by atoms with E-state index in [1.807, 2.05) is 30.3 Å². The highest BCUT2D eigenvalue weighted by Gasteiger charge is 2.50. The highest BCUT2D eigenvalue weighted by Crippen LogP contribution is 2.52. The van der Waals surface area contributed by atoms with Crippen LogP contribution in [-0.2, 0) is 11.3 Å². The number of benzene rings is 1. The van der Waals surface area contributed by atoms with Crippen molar-refractivity contribution in [3.8, 4) is 11.4 Å². The third kappa shape index (κ3) is 3.17. The molecule has 6 nitrogen and oxygen atoms in total. The zero-order valence-electron chi connectivity index (χ0n) is 15.1. The molecule has 0 spiro atoms. The zero-order chi connectivity index (χ0) is 17.7. The number of aromatic nitrogens is 4. The molecule has 4 rings (SSSR count). The van der Waals surface area contributed by atoms with Crippen molar-refractivity contribution in [2.24, 2.45) is 10.8 Å². The molecule has 2 bridgehead atoms. The van der Waals surface area contributed by atoms with Crippen molar-refractivity contribution in [1.82, 2.24) is 25.1 Å². The van der Waals surface area contributed by atoms with E-state index in [0.717, 1.165) is 24.9 Å². The molecule has 6 heteroatoms. The summed E-state index contributed by atoms with van der Waals surface area (Å²) >= 11 is 0. The molecule has 2 fully saturated rings. The summed E-state index contributed by atoms with van der Waals surface area (Å²) in [6, 6.07) is 10.1. The SMILES string of the molecule is CC1(C)CC2CC(C)(CN2C(=O)Cn2nnc(-c3ccccc3)n2)C1. The minimum absolute atomic E-state index is 0.100. The molecular formula is C19H25N5O. The molecule has 2 unspecified atom stereocenters. The average Bonchev–Trinajstić information content (AvgIpc) is 3.09. The number of tetrazole rings is 1. The topological polar surface area (TPSA) is 63.9 Å². The number of rotatable bonds is 3. The van der Waals surface area contributed by atoms with Crippen LogP contribution < -0.4 is 0 Å². The van der Waals surface area contributed by atoms with Crippen molar-refractivity contribution >= 4 is 5.91 Å². The monoisotopic (exact) mass is 339 g/mol. The van der Waals surface area contributed by atoms with Crippen molar-refractivity contribution in [2.45, 2.75) is 52.6 Å². The maximum Gasteiger partial charge on any atom is 0.246 e. The normalized spacial score (nSPS) is 27.5. The molecule has 1 aliphatic carbocycles. The number of hydrogen-bond acceptors (Lipinski definition) is 4. The van der Waals surface area contributed by atoms with Crippen LogP contribution in [0.25, 0.3) is 11.4 Å². The molecule has 0 N–H and O–H groups in total. The van der Waals surface area contributed by atoms with E-state index in [9.17, 15) is 4.79 Å². The van der Waals surface area contributed by atoms with E-state index >= 15 is 0 Å². The molecule has 0 radical (unpaired) electrons. The van der Waals surface area contributed by atoms with Gasteiger partial charge in [-0.25, -0.2) is 0 Å². The van der Waals surface area contributed by atoms with Crippen LogP contribution in [0.15, 0.2) is 30.3 Å². The van der Waals surface area contributed by atoms with Crippen LogP contribution >= 0.6 is 0 Å². The van der Waals surface area contributed by atoms with Gasteiger partial charge in [0.2, 0.25) is 11.7 Å². The third-order valence-electron chi connectivity index (χ3n) is 5.50. The van der Waals surface area contributed by atoms with Gasteiger partial charge >= 0.3 is 0 Å². The first-order valence-electron chi connectivity index (χ1n) is 8.96. The van der Waals surface area contributed by atoms with Gasteiger partial charge in [0.25, 0.3) is 0 Å². The van der Waals surface area contributed by atoms with E-state index in [1.165, 1.54) is 11.2 Å². The Hall–Kier alpha value is -2.24. The fraction of sp³-hybridized carbons (Fsp3) is 0.579. The Balaban J connectivity index is 1.47. The zero-order valence-corrected chi connectivity index (χ0v) is 15.1. The highest BCUT2D eigenvalue weighted by atomic mass is 16.2. The average molecular weight is 339 g/mol. The minimum atomic E-state index is 0.100. The number of hydrogen-bond donors (Lipinski definition) is 0. The Morgan fingerprint density at radius 1 is 1.20 bits per heavy atom. The summed E-state index contributed by atoms with van der Waals surface area (Å²) in [4.78, 5) is 16.3. The number of likely N-dealkylation sites (tertiary alicyclic amines) is 1. The van der Waals surface area contributed by atoms with Gasteiger partial charge in [0.15, 0.2) is 0 Å². The third-order valence-corrected chi connectivity index (χ3v) is 5.50. The van der Waals surface area contributed by atoms with Gasteiger partial charge in [0.05, 0.1) is 0 Å². The van der Waals surface area contributed by atoms with E-state index in [1.54, 1.807) is 0 Å². The van der Waals surface area contributed by atoms with Crippen LogP contribution in [0, 0.1) is 10.8 Å². The minimum Gasteiger partial charge on any atom is -0.337 e. The van der Waals surface area contributed by atoms with Gasteiger partial charge < -0.3 is 4.90 Å². The van der Waals surface area contributed by atoms with E-state index in [0.29, 0.717) is 17.3 Å². The number of fused-ring (bicyclic) bond motifs is 2. The van der Waals surface area contributed by atoms with Crippen LogP contribution in [0.3, 0.4) is 0 Å². The largest absolute Gasteiger partial charge is 0.337 e. The number of amides is 1. The van der Waals surface area contributed by atoms with Gasteiger partial charge in [0.1, 0.15) is 6.54 Å². The molecule has 2 aromatic rings. The van der Waals surface area contributed by atoms with Crippen molar-refractivity contribution in [3.05, 3.63) is 30.3 Å². The van der Waals surface area contributed by atoms with Crippen LogP contribution in [0.1, 0.15) is 40.0 Å². The highest BCUT2D eigenvalue weighted by molar-refractivity contribution is 5.76. The first-order valence-corrected chi connectivity index (χ1v) is 8.96. The predicted octanol–water partition coefficient (Wildman–Crippen LogP) is 2.77. The molecule has 1 amide bonds. The van der Waals surface area contributed by atoms with Crippen molar-refractivity contribution in [1.29, 1.82) is 0 Å². The smallest absolute Gasteiger partial charge is 0.246 e. The molecule has 1 saturated carbocycles. The second-order valence-corrected chi connectivity index (χ2v) is 8.74. The number of carbonyl (C=O) groups is 1. The fourth-order valence-electron chi connectivity index (χ4n) is 4.98. The molecule has 2 atom stereocenters. The van der Waals surface area contributed by atoms with Crippen LogP contribution in [0.2, 0.25) is 0 Å². The number of carbonyl (C=O) groups excluding carboxylic acids is 1. The van der Waals surface area contributed by atoms with E-state index in [2.05, 4.69) is 41.1 Å². The Kier molecular flexibility index (Phi) is 3.67. The van der Waals surface area contributed by atoms with Crippen molar-refractivity contribution in [2.75, 3.05) is 6.54 Å². The summed E-state index contributed by atoms with van der Waals surface area (Å²) in [7, 11) is 0.